The van der Waals surface area contributed by atoms with Crippen molar-refractivity contribution < 1.29 is 9.72 Å². The van der Waals surface area contributed by atoms with Crippen LogP contribution in [0.1, 0.15) is 41.3 Å². The number of anilines is 1. The highest BCUT2D eigenvalue weighted by Gasteiger charge is 2.18. The van der Waals surface area contributed by atoms with E-state index in [2.05, 4.69) is 10.3 Å². The van der Waals surface area contributed by atoms with Crippen LogP contribution in [0.5, 0.6) is 0 Å². The van der Waals surface area contributed by atoms with Crippen molar-refractivity contribution in [2.24, 2.45) is 0 Å². The first kappa shape index (κ1) is 18.3. The SMILES string of the molecule is Cc1c(C(=O)Nc2ccc3c(C(C)C)cc(=O)[nH]c3c2)cccc1[N+](=O)[O-]. The first-order valence-electron chi connectivity index (χ1n) is 8.50. The zero-order chi connectivity index (χ0) is 19.7. The number of H-pyrrole nitrogens is 1. The number of benzene rings is 2. The van der Waals surface area contributed by atoms with E-state index in [0.29, 0.717) is 16.8 Å². The second kappa shape index (κ2) is 7.03. The Hall–Kier alpha value is -3.48. The Labute approximate surface area is 155 Å². The lowest BCUT2D eigenvalue weighted by molar-refractivity contribution is -0.385. The maximum atomic E-state index is 12.6. The minimum atomic E-state index is -0.514. The number of hydrogen-bond acceptors (Lipinski definition) is 4. The third kappa shape index (κ3) is 3.57. The topological polar surface area (TPSA) is 105 Å². The second-order valence-electron chi connectivity index (χ2n) is 6.66. The summed E-state index contributed by atoms with van der Waals surface area (Å²) in [5.74, 6) is -0.263. The lowest BCUT2D eigenvalue weighted by Gasteiger charge is -2.12. The molecule has 138 valence electrons. The molecule has 0 atom stereocenters. The molecular weight excluding hydrogens is 346 g/mol. The fraction of sp³-hybridized carbons (Fsp3) is 0.200. The lowest BCUT2D eigenvalue weighted by Crippen LogP contribution is -2.14. The summed E-state index contributed by atoms with van der Waals surface area (Å²) in [6, 6.07) is 11.2. The predicted octanol–water partition coefficient (Wildman–Crippen LogP) is 4.12. The summed E-state index contributed by atoms with van der Waals surface area (Å²) in [5, 5.41) is 14.7. The molecule has 7 nitrogen and oxygen atoms in total. The van der Waals surface area contributed by atoms with Crippen LogP contribution in [0.3, 0.4) is 0 Å². The third-order valence-corrected chi connectivity index (χ3v) is 4.50. The van der Waals surface area contributed by atoms with Crippen molar-refractivity contribution in [1.82, 2.24) is 4.98 Å². The summed E-state index contributed by atoms with van der Waals surface area (Å²) < 4.78 is 0. The van der Waals surface area contributed by atoms with Gasteiger partial charge in [0.15, 0.2) is 0 Å². The molecule has 1 aromatic heterocycles. The quantitative estimate of drug-likeness (QED) is 0.536. The lowest BCUT2D eigenvalue weighted by atomic mass is 9.99. The molecule has 2 aromatic carbocycles. The Bertz CT molecular complexity index is 1120. The zero-order valence-electron chi connectivity index (χ0n) is 15.2. The first-order valence-corrected chi connectivity index (χ1v) is 8.50. The Morgan fingerprint density at radius 3 is 2.59 bits per heavy atom. The molecule has 7 heteroatoms. The highest BCUT2D eigenvalue weighted by atomic mass is 16.6. The number of rotatable bonds is 4. The summed E-state index contributed by atoms with van der Waals surface area (Å²) in [7, 11) is 0. The molecule has 3 rings (SSSR count). The molecular formula is C20H19N3O4. The molecule has 27 heavy (non-hydrogen) atoms. The standard InChI is InChI=1S/C20H19N3O4/c1-11(2)16-10-19(24)22-17-9-13(7-8-15(16)17)21-20(25)14-5-4-6-18(12(14)3)23(26)27/h4-11H,1-3H3,(H,21,25)(H,22,24). The van der Waals surface area contributed by atoms with Gasteiger partial charge in [-0.25, -0.2) is 0 Å². The van der Waals surface area contributed by atoms with Crippen LogP contribution in [-0.2, 0) is 0 Å². The summed E-state index contributed by atoms with van der Waals surface area (Å²) in [6.07, 6.45) is 0. The highest BCUT2D eigenvalue weighted by Crippen LogP contribution is 2.26. The average molecular weight is 365 g/mol. The molecule has 2 N–H and O–H groups in total. The number of carbonyl (C=O) groups excluding carboxylic acids is 1. The Morgan fingerprint density at radius 2 is 1.93 bits per heavy atom. The van der Waals surface area contributed by atoms with Crippen molar-refractivity contribution >= 4 is 28.2 Å². The van der Waals surface area contributed by atoms with Crippen LogP contribution in [-0.4, -0.2) is 15.8 Å². The third-order valence-electron chi connectivity index (χ3n) is 4.50. The van der Waals surface area contributed by atoms with Gasteiger partial charge in [0.1, 0.15) is 0 Å². The van der Waals surface area contributed by atoms with Gasteiger partial charge in [0, 0.05) is 34.3 Å². The molecule has 0 radical (unpaired) electrons. The van der Waals surface area contributed by atoms with E-state index in [1.54, 1.807) is 25.1 Å². The van der Waals surface area contributed by atoms with Gasteiger partial charge in [-0.2, -0.15) is 0 Å². The molecule has 0 unspecified atom stereocenters. The van der Waals surface area contributed by atoms with Crippen LogP contribution < -0.4 is 10.9 Å². The minimum Gasteiger partial charge on any atom is -0.322 e. The van der Waals surface area contributed by atoms with Gasteiger partial charge in [0.25, 0.3) is 11.6 Å². The van der Waals surface area contributed by atoms with Gasteiger partial charge in [0.2, 0.25) is 5.56 Å². The van der Waals surface area contributed by atoms with Crippen molar-refractivity contribution in [3.8, 4) is 0 Å². The molecule has 3 aromatic rings. The number of nitro benzene ring substituents is 1. The average Bonchev–Trinajstić information content (AvgIpc) is 2.60. The van der Waals surface area contributed by atoms with Crippen LogP contribution in [0.4, 0.5) is 11.4 Å². The number of fused-ring (bicyclic) bond motifs is 1. The van der Waals surface area contributed by atoms with Crippen LogP contribution >= 0.6 is 0 Å². The van der Waals surface area contributed by atoms with Gasteiger partial charge in [0.05, 0.1) is 10.4 Å². The molecule has 1 heterocycles. The fourth-order valence-corrected chi connectivity index (χ4v) is 3.11. The molecule has 0 saturated heterocycles. The van der Waals surface area contributed by atoms with E-state index >= 15 is 0 Å². The van der Waals surface area contributed by atoms with Crippen LogP contribution in [0.2, 0.25) is 0 Å². The normalized spacial score (nSPS) is 11.0. The van der Waals surface area contributed by atoms with Crippen molar-refractivity contribution in [3.05, 3.63) is 79.6 Å². The Kier molecular flexibility index (Phi) is 4.77. The van der Waals surface area contributed by atoms with Crippen LogP contribution in [0.15, 0.2) is 47.3 Å². The van der Waals surface area contributed by atoms with Crippen molar-refractivity contribution in [3.63, 3.8) is 0 Å². The van der Waals surface area contributed by atoms with E-state index in [9.17, 15) is 19.7 Å². The van der Waals surface area contributed by atoms with Crippen molar-refractivity contribution in [2.75, 3.05) is 5.32 Å². The smallest absolute Gasteiger partial charge is 0.273 e. The Balaban J connectivity index is 1.98. The van der Waals surface area contributed by atoms with Gasteiger partial charge in [-0.15, -0.1) is 0 Å². The molecule has 0 spiro atoms. The van der Waals surface area contributed by atoms with Gasteiger partial charge in [-0.3, -0.25) is 19.7 Å². The highest BCUT2D eigenvalue weighted by molar-refractivity contribution is 6.06. The van der Waals surface area contributed by atoms with E-state index in [-0.39, 0.29) is 22.7 Å². The number of nitrogens with one attached hydrogen (secondary N) is 2. The van der Waals surface area contributed by atoms with E-state index in [4.69, 9.17) is 0 Å². The summed E-state index contributed by atoms with van der Waals surface area (Å²) in [4.78, 5) is 37.8. The number of pyridine rings is 1. The predicted molar refractivity (Wildman–Crippen MR) is 104 cm³/mol. The van der Waals surface area contributed by atoms with Crippen molar-refractivity contribution in [1.29, 1.82) is 0 Å². The number of nitrogens with zero attached hydrogens (tertiary/aromatic N) is 1. The summed E-state index contributed by atoms with van der Waals surface area (Å²) in [5.41, 5.74) is 2.28. The van der Waals surface area contributed by atoms with Crippen molar-refractivity contribution in [2.45, 2.75) is 26.7 Å². The maximum absolute atomic E-state index is 12.6. The second-order valence-corrected chi connectivity index (χ2v) is 6.66. The number of hydrogen-bond donors (Lipinski definition) is 2. The summed E-state index contributed by atoms with van der Waals surface area (Å²) >= 11 is 0. The van der Waals surface area contributed by atoms with Gasteiger partial charge in [-0.05, 0) is 36.6 Å². The molecule has 0 bridgehead atoms. The first-order chi connectivity index (χ1) is 12.8. The number of aromatic amines is 1. The van der Waals surface area contributed by atoms with E-state index in [1.807, 2.05) is 19.9 Å². The molecule has 0 aliphatic heterocycles. The largest absolute Gasteiger partial charge is 0.322 e. The Morgan fingerprint density at radius 1 is 1.19 bits per heavy atom. The molecule has 0 aliphatic carbocycles. The maximum Gasteiger partial charge on any atom is 0.273 e. The van der Waals surface area contributed by atoms with E-state index < -0.39 is 10.8 Å². The molecule has 0 aliphatic rings. The molecule has 0 saturated carbocycles. The van der Waals surface area contributed by atoms with Crippen LogP contribution in [0.25, 0.3) is 10.9 Å². The molecule has 0 fully saturated rings. The van der Waals surface area contributed by atoms with E-state index in [1.165, 1.54) is 18.2 Å². The van der Waals surface area contributed by atoms with Crippen LogP contribution in [0, 0.1) is 17.0 Å². The number of aromatic nitrogens is 1. The van der Waals surface area contributed by atoms with Gasteiger partial charge >= 0.3 is 0 Å². The van der Waals surface area contributed by atoms with Gasteiger partial charge in [-0.1, -0.05) is 26.0 Å². The minimum absolute atomic E-state index is 0.105. The monoisotopic (exact) mass is 365 g/mol. The van der Waals surface area contributed by atoms with Gasteiger partial charge < -0.3 is 10.3 Å². The summed E-state index contributed by atoms with van der Waals surface area (Å²) in [6.45, 7) is 5.56. The number of carbonyl (C=O) groups is 1. The number of nitro groups is 1. The number of amides is 1. The zero-order valence-corrected chi connectivity index (χ0v) is 15.2. The van der Waals surface area contributed by atoms with E-state index in [0.717, 1.165) is 10.9 Å². The molecule has 1 amide bonds. The fourth-order valence-electron chi connectivity index (χ4n) is 3.11.